The zero-order valence-corrected chi connectivity index (χ0v) is 15.1. The van der Waals surface area contributed by atoms with Crippen LogP contribution in [0.5, 0.6) is 0 Å². The van der Waals surface area contributed by atoms with Gasteiger partial charge in [0.15, 0.2) is 0 Å². The first kappa shape index (κ1) is 20.0. The maximum Gasteiger partial charge on any atom is 0.312 e. The van der Waals surface area contributed by atoms with Crippen LogP contribution in [0.2, 0.25) is 0 Å². The molecule has 0 saturated heterocycles. The monoisotopic (exact) mass is 333 g/mol. The van der Waals surface area contributed by atoms with E-state index >= 15 is 0 Å². The van der Waals surface area contributed by atoms with Crippen LogP contribution in [0.25, 0.3) is 0 Å². The van der Waals surface area contributed by atoms with Gasteiger partial charge in [-0.1, -0.05) is 62.9 Å². The van der Waals surface area contributed by atoms with Crippen molar-refractivity contribution in [2.24, 2.45) is 11.7 Å². The van der Waals surface area contributed by atoms with Gasteiger partial charge in [-0.3, -0.25) is 4.79 Å². The molecule has 1 aromatic carbocycles. The molecule has 24 heavy (non-hydrogen) atoms. The molecule has 134 valence electrons. The molecule has 4 N–H and O–H groups in total. The summed E-state index contributed by atoms with van der Waals surface area (Å²) >= 11 is 0. The SMILES string of the molecule is CCCC[C@@H](CC)CNC(=O)C[C@H](NC(N)=O)c1cccc(C)c1. The summed E-state index contributed by atoms with van der Waals surface area (Å²) in [6.07, 6.45) is 4.73. The zero-order valence-electron chi connectivity index (χ0n) is 15.1. The van der Waals surface area contributed by atoms with Gasteiger partial charge in [-0.05, 0) is 24.8 Å². The van der Waals surface area contributed by atoms with Crippen LogP contribution in [0.1, 0.15) is 63.1 Å². The molecule has 5 nitrogen and oxygen atoms in total. The average Bonchev–Trinajstić information content (AvgIpc) is 2.54. The smallest absolute Gasteiger partial charge is 0.312 e. The van der Waals surface area contributed by atoms with Gasteiger partial charge in [0.2, 0.25) is 5.91 Å². The Morgan fingerprint density at radius 2 is 2.00 bits per heavy atom. The third kappa shape index (κ3) is 7.49. The van der Waals surface area contributed by atoms with Gasteiger partial charge in [0.25, 0.3) is 0 Å². The molecule has 2 atom stereocenters. The van der Waals surface area contributed by atoms with Crippen molar-refractivity contribution in [1.29, 1.82) is 0 Å². The number of amides is 3. The first-order valence-corrected chi connectivity index (χ1v) is 8.85. The average molecular weight is 333 g/mol. The summed E-state index contributed by atoms with van der Waals surface area (Å²) in [5.41, 5.74) is 7.23. The fraction of sp³-hybridized carbons (Fsp3) is 0.579. The highest BCUT2D eigenvalue weighted by Crippen LogP contribution is 2.18. The largest absolute Gasteiger partial charge is 0.356 e. The van der Waals surface area contributed by atoms with Crippen molar-refractivity contribution in [3.05, 3.63) is 35.4 Å². The molecule has 5 heteroatoms. The molecule has 0 unspecified atom stereocenters. The summed E-state index contributed by atoms with van der Waals surface area (Å²) in [5, 5.41) is 5.67. The summed E-state index contributed by atoms with van der Waals surface area (Å²) in [6.45, 7) is 6.99. The highest BCUT2D eigenvalue weighted by Gasteiger charge is 2.18. The lowest BCUT2D eigenvalue weighted by Gasteiger charge is -2.20. The minimum Gasteiger partial charge on any atom is -0.356 e. The van der Waals surface area contributed by atoms with Crippen molar-refractivity contribution in [3.8, 4) is 0 Å². The number of primary amides is 1. The first-order valence-electron chi connectivity index (χ1n) is 8.85. The van der Waals surface area contributed by atoms with Crippen LogP contribution in [0, 0.1) is 12.8 Å². The molecule has 0 aromatic heterocycles. The summed E-state index contributed by atoms with van der Waals surface area (Å²) in [6, 6.07) is 6.73. The van der Waals surface area contributed by atoms with E-state index in [-0.39, 0.29) is 12.3 Å². The van der Waals surface area contributed by atoms with Gasteiger partial charge in [-0.25, -0.2) is 4.79 Å². The number of nitrogens with one attached hydrogen (secondary N) is 2. The third-order valence-corrected chi connectivity index (χ3v) is 4.28. The Labute approximate surface area is 145 Å². The second kappa shape index (κ2) is 10.7. The number of hydrogen-bond acceptors (Lipinski definition) is 2. The van der Waals surface area contributed by atoms with E-state index < -0.39 is 12.1 Å². The topological polar surface area (TPSA) is 84.2 Å². The molecule has 0 fully saturated rings. The normalized spacial score (nSPS) is 13.1. The molecule has 1 aromatic rings. The number of urea groups is 1. The number of carbonyl (C=O) groups excluding carboxylic acids is 2. The van der Waals surface area contributed by atoms with Crippen molar-refractivity contribution in [2.45, 2.75) is 58.9 Å². The maximum absolute atomic E-state index is 12.3. The fourth-order valence-electron chi connectivity index (χ4n) is 2.77. The van der Waals surface area contributed by atoms with E-state index in [0.29, 0.717) is 12.5 Å². The van der Waals surface area contributed by atoms with Crippen molar-refractivity contribution in [2.75, 3.05) is 6.54 Å². The van der Waals surface area contributed by atoms with Gasteiger partial charge in [0.1, 0.15) is 0 Å². The Hall–Kier alpha value is -2.04. The predicted molar refractivity (Wildman–Crippen MR) is 97.6 cm³/mol. The molecule has 0 aliphatic heterocycles. The first-order chi connectivity index (χ1) is 11.5. The van der Waals surface area contributed by atoms with Gasteiger partial charge in [-0.2, -0.15) is 0 Å². The van der Waals surface area contributed by atoms with E-state index in [2.05, 4.69) is 24.5 Å². The van der Waals surface area contributed by atoms with Gasteiger partial charge >= 0.3 is 6.03 Å². The number of nitrogens with two attached hydrogens (primary N) is 1. The zero-order chi connectivity index (χ0) is 17.9. The Kier molecular flexibility index (Phi) is 8.90. The van der Waals surface area contributed by atoms with E-state index in [9.17, 15) is 9.59 Å². The van der Waals surface area contributed by atoms with Crippen molar-refractivity contribution in [3.63, 3.8) is 0 Å². The number of rotatable bonds is 10. The van der Waals surface area contributed by atoms with Crippen LogP contribution in [0.15, 0.2) is 24.3 Å². The van der Waals surface area contributed by atoms with Crippen molar-refractivity contribution < 1.29 is 9.59 Å². The van der Waals surface area contributed by atoms with Crippen LogP contribution >= 0.6 is 0 Å². The quantitative estimate of drug-likeness (QED) is 0.613. The van der Waals surface area contributed by atoms with Gasteiger partial charge in [-0.15, -0.1) is 0 Å². The molecule has 0 radical (unpaired) electrons. The third-order valence-electron chi connectivity index (χ3n) is 4.28. The number of benzene rings is 1. The summed E-state index contributed by atoms with van der Waals surface area (Å²) < 4.78 is 0. The second-order valence-electron chi connectivity index (χ2n) is 6.40. The lowest BCUT2D eigenvalue weighted by atomic mass is 9.98. The molecule has 0 bridgehead atoms. The van der Waals surface area contributed by atoms with Gasteiger partial charge < -0.3 is 16.4 Å². The summed E-state index contributed by atoms with van der Waals surface area (Å²) in [7, 11) is 0. The minimum atomic E-state index is -0.622. The van der Waals surface area contributed by atoms with Gasteiger partial charge in [0.05, 0.1) is 12.5 Å². The molecule has 0 aliphatic rings. The Morgan fingerprint density at radius 3 is 2.58 bits per heavy atom. The van der Waals surface area contributed by atoms with Crippen molar-refractivity contribution in [1.82, 2.24) is 10.6 Å². The molecule has 3 amide bonds. The number of carbonyl (C=O) groups is 2. The molecular formula is C19H31N3O2. The molecular weight excluding hydrogens is 302 g/mol. The van der Waals surface area contributed by atoms with Crippen LogP contribution < -0.4 is 16.4 Å². The molecule has 0 spiro atoms. The van der Waals surface area contributed by atoms with E-state index in [4.69, 9.17) is 5.73 Å². The maximum atomic E-state index is 12.3. The van der Waals surface area contributed by atoms with E-state index in [1.807, 2.05) is 31.2 Å². The number of hydrogen-bond donors (Lipinski definition) is 3. The molecule has 0 aliphatic carbocycles. The van der Waals surface area contributed by atoms with Gasteiger partial charge in [0, 0.05) is 6.54 Å². The van der Waals surface area contributed by atoms with E-state index in [1.165, 1.54) is 12.8 Å². The summed E-state index contributed by atoms with van der Waals surface area (Å²) in [4.78, 5) is 23.5. The lowest BCUT2D eigenvalue weighted by molar-refractivity contribution is -0.121. The fourth-order valence-corrected chi connectivity index (χ4v) is 2.77. The highest BCUT2D eigenvalue weighted by atomic mass is 16.2. The van der Waals surface area contributed by atoms with Crippen LogP contribution in [0.3, 0.4) is 0 Å². The van der Waals surface area contributed by atoms with E-state index in [0.717, 1.165) is 24.0 Å². The van der Waals surface area contributed by atoms with Crippen LogP contribution in [0.4, 0.5) is 4.79 Å². The highest BCUT2D eigenvalue weighted by molar-refractivity contribution is 5.78. The second-order valence-corrected chi connectivity index (χ2v) is 6.40. The number of unbranched alkanes of at least 4 members (excludes halogenated alkanes) is 1. The lowest BCUT2D eigenvalue weighted by Crippen LogP contribution is -2.37. The standard InChI is InChI=1S/C19H31N3O2/c1-4-6-9-15(5-2)13-21-18(23)12-17(22-19(20)24)16-10-7-8-14(3)11-16/h7-8,10-11,15,17H,4-6,9,12-13H2,1-3H3,(H,21,23)(H3,20,22,24)/t15-,17+/m1/s1. The molecule has 1 rings (SSSR count). The Bertz CT molecular complexity index is 531. The Morgan fingerprint density at radius 1 is 1.25 bits per heavy atom. The summed E-state index contributed by atoms with van der Waals surface area (Å²) in [5.74, 6) is 0.445. The van der Waals surface area contributed by atoms with E-state index in [1.54, 1.807) is 0 Å². The van der Waals surface area contributed by atoms with Crippen LogP contribution in [-0.2, 0) is 4.79 Å². The molecule has 0 heterocycles. The van der Waals surface area contributed by atoms with Crippen molar-refractivity contribution >= 4 is 11.9 Å². The predicted octanol–water partition coefficient (Wildman–Crippen LogP) is 3.43. The van der Waals surface area contributed by atoms with Crippen LogP contribution in [-0.4, -0.2) is 18.5 Å². The minimum absolute atomic E-state index is 0.0646. The molecule has 0 saturated carbocycles. The Balaban J connectivity index is 2.62. The number of aryl methyl sites for hydroxylation is 1.